The highest BCUT2D eigenvalue weighted by Crippen LogP contribution is 2.34. The van der Waals surface area contributed by atoms with Crippen molar-refractivity contribution in [1.29, 1.82) is 0 Å². The Balaban J connectivity index is 1.54. The van der Waals surface area contributed by atoms with E-state index in [0.717, 1.165) is 23.5 Å². The molecule has 1 aliphatic heterocycles. The summed E-state index contributed by atoms with van der Waals surface area (Å²) in [5, 5.41) is 2.92. The molecule has 0 radical (unpaired) electrons. The molecule has 1 aliphatic rings. The smallest absolute Gasteiger partial charge is 0.262 e. The second-order valence-corrected chi connectivity index (χ2v) is 8.98. The average Bonchev–Trinajstić information content (AvgIpc) is 2.73. The van der Waals surface area contributed by atoms with Gasteiger partial charge in [-0.25, -0.2) is 0 Å². The number of hydrogen-bond donors (Lipinski definition) is 1. The lowest BCUT2D eigenvalue weighted by Gasteiger charge is -2.26. The number of nitrogens with zero attached hydrogens (tertiary/aromatic N) is 1. The molecule has 1 heterocycles. The van der Waals surface area contributed by atoms with Crippen molar-refractivity contribution < 1.29 is 14.3 Å². The molecule has 1 saturated heterocycles. The minimum atomic E-state index is -0.172. The zero-order chi connectivity index (χ0) is 21.6. The number of amides is 1. The van der Waals surface area contributed by atoms with Crippen LogP contribution < -0.4 is 14.8 Å². The van der Waals surface area contributed by atoms with E-state index < -0.39 is 0 Å². The first kappa shape index (κ1) is 22.2. The maximum atomic E-state index is 12.4. The summed E-state index contributed by atoms with van der Waals surface area (Å²) in [7, 11) is 1.65. The third kappa shape index (κ3) is 6.23. The number of methoxy groups -OCH3 is 1. The Hall–Kier alpha value is -2.53. The Morgan fingerprint density at radius 1 is 1.03 bits per heavy atom. The summed E-state index contributed by atoms with van der Waals surface area (Å²) >= 11 is 0. The van der Waals surface area contributed by atoms with Crippen LogP contribution in [0.5, 0.6) is 11.5 Å². The molecular weight excluding hydrogens is 376 g/mol. The number of benzene rings is 2. The van der Waals surface area contributed by atoms with Crippen LogP contribution in [0.3, 0.4) is 0 Å². The van der Waals surface area contributed by atoms with Crippen molar-refractivity contribution in [3.8, 4) is 11.5 Å². The van der Waals surface area contributed by atoms with Crippen LogP contribution in [0.2, 0.25) is 0 Å². The molecule has 162 valence electrons. The fourth-order valence-electron chi connectivity index (χ4n) is 3.76. The van der Waals surface area contributed by atoms with Gasteiger partial charge in [-0.1, -0.05) is 39.3 Å². The number of carbonyl (C=O) groups is 1. The van der Waals surface area contributed by atoms with E-state index in [2.05, 4.69) is 43.1 Å². The number of rotatable bonds is 7. The van der Waals surface area contributed by atoms with Crippen molar-refractivity contribution in [3.63, 3.8) is 0 Å². The highest BCUT2D eigenvalue weighted by Gasteiger charge is 2.20. The molecule has 5 nitrogen and oxygen atoms in total. The van der Waals surface area contributed by atoms with Gasteiger partial charge in [0.1, 0.15) is 11.5 Å². The van der Waals surface area contributed by atoms with Crippen molar-refractivity contribution in [2.75, 3.05) is 32.1 Å². The van der Waals surface area contributed by atoms with Crippen LogP contribution in [0.4, 0.5) is 5.69 Å². The van der Waals surface area contributed by atoms with Crippen molar-refractivity contribution in [1.82, 2.24) is 4.90 Å². The molecule has 2 aromatic rings. The Kier molecular flexibility index (Phi) is 7.38. The molecule has 0 bridgehead atoms. The third-order valence-corrected chi connectivity index (χ3v) is 5.45. The van der Waals surface area contributed by atoms with E-state index in [-0.39, 0.29) is 17.9 Å². The molecule has 0 aromatic heterocycles. The number of nitrogens with one attached hydrogen (secondary N) is 1. The third-order valence-electron chi connectivity index (χ3n) is 5.45. The Morgan fingerprint density at radius 3 is 2.37 bits per heavy atom. The monoisotopic (exact) mass is 410 g/mol. The lowest BCUT2D eigenvalue weighted by atomic mass is 9.86. The van der Waals surface area contributed by atoms with E-state index in [1.54, 1.807) is 7.11 Å². The fourth-order valence-corrected chi connectivity index (χ4v) is 3.76. The van der Waals surface area contributed by atoms with E-state index in [1.165, 1.54) is 37.9 Å². The SMILES string of the molecule is COc1ccc(OCC(=O)Nc2ccc(CN3CCCCC3)cc2)c(C(C)(C)C)c1. The summed E-state index contributed by atoms with van der Waals surface area (Å²) < 4.78 is 11.2. The molecule has 0 atom stereocenters. The Morgan fingerprint density at radius 2 is 1.73 bits per heavy atom. The van der Waals surface area contributed by atoms with Gasteiger partial charge < -0.3 is 14.8 Å². The topological polar surface area (TPSA) is 50.8 Å². The first-order chi connectivity index (χ1) is 14.3. The van der Waals surface area contributed by atoms with Crippen LogP contribution in [-0.2, 0) is 16.8 Å². The Bertz CT molecular complexity index is 834. The van der Waals surface area contributed by atoms with Gasteiger partial charge in [0.25, 0.3) is 5.91 Å². The van der Waals surface area contributed by atoms with E-state index in [0.29, 0.717) is 5.75 Å². The lowest BCUT2D eigenvalue weighted by Crippen LogP contribution is -2.29. The molecule has 0 unspecified atom stereocenters. The minimum Gasteiger partial charge on any atom is -0.497 e. The molecule has 1 amide bonds. The van der Waals surface area contributed by atoms with Gasteiger partial charge in [0.2, 0.25) is 0 Å². The van der Waals surface area contributed by atoms with Gasteiger partial charge >= 0.3 is 0 Å². The molecule has 5 heteroatoms. The molecule has 1 fully saturated rings. The minimum absolute atomic E-state index is 0.0368. The summed E-state index contributed by atoms with van der Waals surface area (Å²) in [6, 6.07) is 13.8. The maximum absolute atomic E-state index is 12.4. The maximum Gasteiger partial charge on any atom is 0.262 e. The largest absolute Gasteiger partial charge is 0.497 e. The highest BCUT2D eigenvalue weighted by atomic mass is 16.5. The summed E-state index contributed by atoms with van der Waals surface area (Å²) in [5.74, 6) is 1.31. The quantitative estimate of drug-likeness (QED) is 0.698. The van der Waals surface area contributed by atoms with E-state index in [1.807, 2.05) is 30.3 Å². The van der Waals surface area contributed by atoms with Crippen LogP contribution in [-0.4, -0.2) is 37.6 Å². The summed E-state index contributed by atoms with van der Waals surface area (Å²) in [4.78, 5) is 14.9. The molecular formula is C25H34N2O3. The highest BCUT2D eigenvalue weighted by molar-refractivity contribution is 5.91. The molecule has 3 rings (SSSR count). The van der Waals surface area contributed by atoms with Gasteiger partial charge in [-0.3, -0.25) is 9.69 Å². The van der Waals surface area contributed by atoms with E-state index >= 15 is 0 Å². The predicted octanol–water partition coefficient (Wildman–Crippen LogP) is 5.00. The van der Waals surface area contributed by atoms with Gasteiger partial charge in [-0.15, -0.1) is 0 Å². The fraction of sp³-hybridized carbons (Fsp3) is 0.480. The van der Waals surface area contributed by atoms with Gasteiger partial charge in [0.05, 0.1) is 7.11 Å². The van der Waals surface area contributed by atoms with Crippen molar-refractivity contribution in [3.05, 3.63) is 53.6 Å². The molecule has 1 N–H and O–H groups in total. The second kappa shape index (κ2) is 9.98. The first-order valence-corrected chi connectivity index (χ1v) is 10.8. The summed E-state index contributed by atoms with van der Waals surface area (Å²) in [5.41, 5.74) is 2.96. The number of piperidine rings is 1. The first-order valence-electron chi connectivity index (χ1n) is 10.8. The number of carbonyl (C=O) groups excluding carboxylic acids is 1. The van der Waals surface area contributed by atoms with Crippen LogP contribution in [0, 0.1) is 0 Å². The summed E-state index contributed by atoms with van der Waals surface area (Å²) in [6.45, 7) is 9.63. The number of ether oxygens (including phenoxy) is 2. The van der Waals surface area contributed by atoms with Gasteiger partial charge in [0.15, 0.2) is 6.61 Å². The molecule has 0 spiro atoms. The second-order valence-electron chi connectivity index (χ2n) is 8.98. The Labute approximate surface area is 180 Å². The van der Waals surface area contributed by atoms with Crippen molar-refractivity contribution >= 4 is 11.6 Å². The zero-order valence-corrected chi connectivity index (χ0v) is 18.7. The lowest BCUT2D eigenvalue weighted by molar-refractivity contribution is -0.118. The zero-order valence-electron chi connectivity index (χ0n) is 18.7. The van der Waals surface area contributed by atoms with Crippen LogP contribution >= 0.6 is 0 Å². The number of hydrogen-bond acceptors (Lipinski definition) is 4. The molecule has 0 aliphatic carbocycles. The van der Waals surface area contributed by atoms with Crippen molar-refractivity contribution in [2.45, 2.75) is 52.0 Å². The molecule has 30 heavy (non-hydrogen) atoms. The average molecular weight is 411 g/mol. The van der Waals surface area contributed by atoms with E-state index in [4.69, 9.17) is 9.47 Å². The molecule has 0 saturated carbocycles. The number of anilines is 1. The van der Waals surface area contributed by atoms with Gasteiger partial charge in [-0.05, 0) is 67.2 Å². The van der Waals surface area contributed by atoms with E-state index in [9.17, 15) is 4.79 Å². The van der Waals surface area contributed by atoms with Crippen molar-refractivity contribution in [2.24, 2.45) is 0 Å². The normalized spacial score (nSPS) is 14.9. The van der Waals surface area contributed by atoms with Gasteiger partial charge in [-0.2, -0.15) is 0 Å². The standard InChI is InChI=1S/C25H34N2O3/c1-25(2,3)22-16-21(29-4)12-13-23(22)30-18-24(28)26-20-10-8-19(9-11-20)17-27-14-6-5-7-15-27/h8-13,16H,5-7,14-15,17-18H2,1-4H3,(H,26,28). The predicted molar refractivity (Wildman–Crippen MR) is 121 cm³/mol. The van der Waals surface area contributed by atoms with Crippen LogP contribution in [0.15, 0.2) is 42.5 Å². The van der Waals surface area contributed by atoms with Gasteiger partial charge in [0, 0.05) is 17.8 Å². The van der Waals surface area contributed by atoms with Crippen LogP contribution in [0.1, 0.15) is 51.2 Å². The summed E-state index contributed by atoms with van der Waals surface area (Å²) in [6.07, 6.45) is 3.93. The molecule has 2 aromatic carbocycles. The van der Waals surface area contributed by atoms with Crippen LogP contribution in [0.25, 0.3) is 0 Å². The number of likely N-dealkylation sites (tertiary alicyclic amines) is 1.